The molecule has 96 valence electrons. The Morgan fingerprint density at radius 2 is 2.22 bits per heavy atom. The molecule has 1 aromatic carbocycles. The summed E-state index contributed by atoms with van der Waals surface area (Å²) in [6.45, 7) is 3.58. The average molecular weight is 245 g/mol. The van der Waals surface area contributed by atoms with Gasteiger partial charge in [-0.2, -0.15) is 0 Å². The second-order valence-electron chi connectivity index (χ2n) is 4.19. The van der Waals surface area contributed by atoms with Gasteiger partial charge in [0.2, 0.25) is 0 Å². The minimum Gasteiger partial charge on any atom is -0.461 e. The van der Waals surface area contributed by atoms with E-state index in [0.717, 1.165) is 42.7 Å². The van der Waals surface area contributed by atoms with E-state index in [4.69, 9.17) is 10.2 Å². The van der Waals surface area contributed by atoms with Crippen LogP contribution in [-0.2, 0) is 6.42 Å². The molecule has 3 N–H and O–H groups in total. The van der Waals surface area contributed by atoms with Crippen LogP contribution in [0.1, 0.15) is 19.1 Å². The summed E-state index contributed by atoms with van der Waals surface area (Å²) < 4.78 is 5.71. The first-order valence-electron chi connectivity index (χ1n) is 6.31. The summed E-state index contributed by atoms with van der Waals surface area (Å²) >= 11 is 0. The number of hydrogen-bond donors (Lipinski definition) is 2. The molecule has 4 nitrogen and oxygen atoms in total. The number of nitrogens with one attached hydrogen (secondary N) is 1. The first kappa shape index (κ1) is 12.5. The molecule has 2 aromatic rings. The van der Waals surface area contributed by atoms with Crippen molar-refractivity contribution in [3.63, 3.8) is 0 Å². The standard InChI is InChI=1S/C14H19N3O/c1-2-8-16-14(15)17-9-7-12-10-11-5-3-4-6-13(11)18-12/h3-6,10H,2,7-9H2,1H3,(H3,15,16,17). The van der Waals surface area contributed by atoms with Crippen LogP contribution in [0.15, 0.2) is 39.7 Å². The molecule has 18 heavy (non-hydrogen) atoms. The largest absolute Gasteiger partial charge is 0.461 e. The van der Waals surface area contributed by atoms with E-state index in [2.05, 4.69) is 23.3 Å². The van der Waals surface area contributed by atoms with Gasteiger partial charge in [-0.15, -0.1) is 0 Å². The molecule has 0 saturated carbocycles. The lowest BCUT2D eigenvalue weighted by Crippen LogP contribution is -2.33. The quantitative estimate of drug-likeness (QED) is 0.627. The monoisotopic (exact) mass is 245 g/mol. The van der Waals surface area contributed by atoms with Crippen LogP contribution in [0.3, 0.4) is 0 Å². The average Bonchev–Trinajstić information content (AvgIpc) is 2.79. The zero-order valence-corrected chi connectivity index (χ0v) is 10.6. The van der Waals surface area contributed by atoms with Crippen molar-refractivity contribution in [2.75, 3.05) is 13.1 Å². The van der Waals surface area contributed by atoms with Gasteiger partial charge in [0, 0.05) is 24.9 Å². The second-order valence-corrected chi connectivity index (χ2v) is 4.19. The number of hydrogen-bond acceptors (Lipinski definition) is 2. The topological polar surface area (TPSA) is 63.5 Å². The predicted molar refractivity (Wildman–Crippen MR) is 74.7 cm³/mol. The van der Waals surface area contributed by atoms with E-state index in [1.54, 1.807) is 0 Å². The molecule has 4 heteroatoms. The summed E-state index contributed by atoms with van der Waals surface area (Å²) in [5, 5.41) is 4.22. The number of furan rings is 1. The molecule has 0 saturated heterocycles. The molecule has 0 atom stereocenters. The van der Waals surface area contributed by atoms with Crippen molar-refractivity contribution >= 4 is 16.9 Å². The number of benzene rings is 1. The number of fused-ring (bicyclic) bond motifs is 1. The Morgan fingerprint density at radius 3 is 3.00 bits per heavy atom. The number of nitrogens with zero attached hydrogens (tertiary/aromatic N) is 1. The smallest absolute Gasteiger partial charge is 0.188 e. The Balaban J connectivity index is 1.86. The van der Waals surface area contributed by atoms with Crippen molar-refractivity contribution in [2.24, 2.45) is 10.7 Å². The highest BCUT2D eigenvalue weighted by Crippen LogP contribution is 2.18. The van der Waals surface area contributed by atoms with Gasteiger partial charge in [0.1, 0.15) is 11.3 Å². The fourth-order valence-electron chi connectivity index (χ4n) is 1.76. The van der Waals surface area contributed by atoms with Crippen LogP contribution >= 0.6 is 0 Å². The van der Waals surface area contributed by atoms with Gasteiger partial charge in [0.05, 0.1) is 0 Å². The molecule has 1 heterocycles. The fraction of sp³-hybridized carbons (Fsp3) is 0.357. The maximum Gasteiger partial charge on any atom is 0.188 e. The zero-order chi connectivity index (χ0) is 12.8. The molecule has 0 bridgehead atoms. The van der Waals surface area contributed by atoms with Gasteiger partial charge in [-0.3, -0.25) is 4.99 Å². The van der Waals surface area contributed by atoms with Crippen LogP contribution in [0.25, 0.3) is 11.0 Å². The minimum absolute atomic E-state index is 0.507. The number of aliphatic imine (C=N–C) groups is 1. The lowest BCUT2D eigenvalue weighted by molar-refractivity contribution is 0.545. The molecule has 0 aliphatic heterocycles. The molecule has 0 unspecified atom stereocenters. The number of nitrogens with two attached hydrogens (primary N) is 1. The normalized spacial score (nSPS) is 11.9. The molecular weight excluding hydrogens is 226 g/mol. The number of rotatable bonds is 5. The molecule has 0 amide bonds. The van der Waals surface area contributed by atoms with Gasteiger partial charge in [-0.25, -0.2) is 0 Å². The van der Waals surface area contributed by atoms with Crippen LogP contribution in [0.4, 0.5) is 0 Å². The van der Waals surface area contributed by atoms with E-state index in [-0.39, 0.29) is 0 Å². The Hall–Kier alpha value is -1.97. The van der Waals surface area contributed by atoms with Crippen molar-refractivity contribution in [2.45, 2.75) is 19.8 Å². The van der Waals surface area contributed by atoms with Crippen LogP contribution < -0.4 is 11.1 Å². The molecule has 1 aromatic heterocycles. The van der Waals surface area contributed by atoms with E-state index >= 15 is 0 Å². The third kappa shape index (κ3) is 3.26. The van der Waals surface area contributed by atoms with Crippen molar-refractivity contribution in [1.29, 1.82) is 0 Å². The second kappa shape index (κ2) is 6.10. The van der Waals surface area contributed by atoms with Crippen LogP contribution in [0.2, 0.25) is 0 Å². The number of guanidine groups is 1. The summed E-state index contributed by atoms with van der Waals surface area (Å²) in [5.41, 5.74) is 6.64. The zero-order valence-electron chi connectivity index (χ0n) is 10.6. The first-order valence-corrected chi connectivity index (χ1v) is 6.31. The van der Waals surface area contributed by atoms with E-state index in [0.29, 0.717) is 5.96 Å². The molecule has 0 spiro atoms. The Bertz CT molecular complexity index is 498. The molecular formula is C14H19N3O. The SMILES string of the molecule is CCCN=C(N)NCCc1cc2ccccc2o1. The van der Waals surface area contributed by atoms with Crippen LogP contribution in [-0.4, -0.2) is 19.0 Å². The van der Waals surface area contributed by atoms with Gasteiger partial charge in [0.15, 0.2) is 5.96 Å². The van der Waals surface area contributed by atoms with E-state index in [1.165, 1.54) is 0 Å². The summed E-state index contributed by atoms with van der Waals surface area (Å²) in [6.07, 6.45) is 1.81. The van der Waals surface area contributed by atoms with Gasteiger partial charge in [0.25, 0.3) is 0 Å². The molecule has 0 aliphatic carbocycles. The van der Waals surface area contributed by atoms with Gasteiger partial charge >= 0.3 is 0 Å². The molecule has 2 rings (SSSR count). The Morgan fingerprint density at radius 1 is 1.39 bits per heavy atom. The predicted octanol–water partition coefficient (Wildman–Crippen LogP) is 2.29. The van der Waals surface area contributed by atoms with Crippen LogP contribution in [0, 0.1) is 0 Å². The Kier molecular flexibility index (Phi) is 4.23. The first-order chi connectivity index (χ1) is 8.79. The summed E-state index contributed by atoms with van der Waals surface area (Å²) in [4.78, 5) is 4.17. The minimum atomic E-state index is 0.507. The van der Waals surface area contributed by atoms with Gasteiger partial charge < -0.3 is 15.5 Å². The van der Waals surface area contributed by atoms with Crippen molar-refractivity contribution in [3.8, 4) is 0 Å². The molecule has 0 fully saturated rings. The van der Waals surface area contributed by atoms with Crippen molar-refractivity contribution in [3.05, 3.63) is 36.1 Å². The maximum absolute atomic E-state index is 5.71. The number of para-hydroxylation sites is 1. The molecule has 0 aliphatic rings. The fourth-order valence-corrected chi connectivity index (χ4v) is 1.76. The summed E-state index contributed by atoms with van der Waals surface area (Å²) in [5.74, 6) is 1.47. The van der Waals surface area contributed by atoms with Crippen LogP contribution in [0.5, 0.6) is 0 Å². The highest BCUT2D eigenvalue weighted by Gasteiger charge is 2.02. The van der Waals surface area contributed by atoms with Crippen molar-refractivity contribution in [1.82, 2.24) is 5.32 Å². The molecule has 0 radical (unpaired) electrons. The summed E-state index contributed by atoms with van der Waals surface area (Å²) in [6, 6.07) is 10.1. The van der Waals surface area contributed by atoms with E-state index in [9.17, 15) is 0 Å². The van der Waals surface area contributed by atoms with E-state index < -0.39 is 0 Å². The Labute approximate surface area is 107 Å². The van der Waals surface area contributed by atoms with Gasteiger partial charge in [-0.05, 0) is 18.6 Å². The van der Waals surface area contributed by atoms with E-state index in [1.807, 2.05) is 24.3 Å². The maximum atomic E-state index is 5.71. The lowest BCUT2D eigenvalue weighted by atomic mass is 10.2. The highest BCUT2D eigenvalue weighted by molar-refractivity contribution is 5.78. The third-order valence-corrected chi connectivity index (χ3v) is 2.66. The highest BCUT2D eigenvalue weighted by atomic mass is 16.3. The third-order valence-electron chi connectivity index (χ3n) is 2.66. The van der Waals surface area contributed by atoms with Crippen molar-refractivity contribution < 1.29 is 4.42 Å². The van der Waals surface area contributed by atoms with Gasteiger partial charge in [-0.1, -0.05) is 25.1 Å². The lowest BCUT2D eigenvalue weighted by Gasteiger charge is -2.03. The summed E-state index contributed by atoms with van der Waals surface area (Å²) in [7, 11) is 0.